The molecule has 1 aromatic heterocycles. The van der Waals surface area contributed by atoms with E-state index in [0.717, 1.165) is 25.4 Å². The van der Waals surface area contributed by atoms with Crippen LogP contribution in [-0.2, 0) is 13.0 Å². The highest BCUT2D eigenvalue weighted by molar-refractivity contribution is 7.15. The maximum Gasteiger partial charge on any atom is 0.185 e. The molecule has 1 atom stereocenters. The van der Waals surface area contributed by atoms with Crippen LogP contribution >= 0.6 is 11.3 Å². The molecule has 0 amide bonds. The first-order valence-electron chi connectivity index (χ1n) is 7.22. The Bertz CT molecular complexity index is 375. The molecule has 1 aromatic rings. The summed E-state index contributed by atoms with van der Waals surface area (Å²) in [6.07, 6.45) is 3.68. The van der Waals surface area contributed by atoms with Crippen molar-refractivity contribution in [3.8, 4) is 0 Å². The number of hydrogen-bond acceptors (Lipinski definition) is 4. The molecule has 1 aliphatic rings. The zero-order chi connectivity index (χ0) is 13.0. The predicted molar refractivity (Wildman–Crippen MR) is 79.5 cm³/mol. The third-order valence-corrected chi connectivity index (χ3v) is 4.93. The number of rotatable bonds is 6. The largest absolute Gasteiger partial charge is 0.348 e. The number of anilines is 1. The van der Waals surface area contributed by atoms with Gasteiger partial charge in [-0.05, 0) is 25.3 Å². The molecule has 0 aliphatic carbocycles. The van der Waals surface area contributed by atoms with Gasteiger partial charge in [-0.1, -0.05) is 27.2 Å². The minimum absolute atomic E-state index is 0.871. The lowest BCUT2D eigenvalue weighted by atomic mass is 10.1. The number of aryl methyl sites for hydroxylation is 1. The summed E-state index contributed by atoms with van der Waals surface area (Å²) in [6.45, 7) is 11.0. The van der Waals surface area contributed by atoms with Crippen LogP contribution in [0.25, 0.3) is 0 Å². The van der Waals surface area contributed by atoms with E-state index in [0.29, 0.717) is 0 Å². The molecule has 0 bridgehead atoms. The molecule has 3 nitrogen and oxygen atoms in total. The average molecular weight is 267 g/mol. The van der Waals surface area contributed by atoms with Gasteiger partial charge in [-0.2, -0.15) is 0 Å². The van der Waals surface area contributed by atoms with E-state index in [1.165, 1.54) is 41.6 Å². The van der Waals surface area contributed by atoms with Crippen LogP contribution in [0.3, 0.4) is 0 Å². The van der Waals surface area contributed by atoms with Gasteiger partial charge in [-0.3, -0.25) is 0 Å². The van der Waals surface area contributed by atoms with Crippen molar-refractivity contribution in [2.45, 2.75) is 46.6 Å². The Labute approximate surface area is 115 Å². The minimum Gasteiger partial charge on any atom is -0.348 e. The van der Waals surface area contributed by atoms with Crippen molar-refractivity contribution in [2.24, 2.45) is 5.92 Å². The highest BCUT2D eigenvalue weighted by Gasteiger charge is 2.24. The minimum atomic E-state index is 0.871. The maximum absolute atomic E-state index is 4.84. The lowest BCUT2D eigenvalue weighted by molar-refractivity contribution is 0.569. The van der Waals surface area contributed by atoms with E-state index in [-0.39, 0.29) is 0 Å². The topological polar surface area (TPSA) is 28.2 Å². The zero-order valence-electron chi connectivity index (χ0n) is 11.8. The first kappa shape index (κ1) is 13.8. The summed E-state index contributed by atoms with van der Waals surface area (Å²) in [4.78, 5) is 8.74. The first-order chi connectivity index (χ1) is 8.78. The Balaban J connectivity index is 2.07. The van der Waals surface area contributed by atoms with Gasteiger partial charge in [0.2, 0.25) is 0 Å². The Morgan fingerprint density at radius 1 is 1.39 bits per heavy atom. The highest BCUT2D eigenvalue weighted by atomic mass is 32.1. The summed E-state index contributed by atoms with van der Waals surface area (Å²) >= 11 is 1.89. The van der Waals surface area contributed by atoms with Crippen molar-refractivity contribution in [3.63, 3.8) is 0 Å². The van der Waals surface area contributed by atoms with Crippen LogP contribution in [0.15, 0.2) is 0 Å². The SMILES string of the molecule is CCNCc1sc(N2CCC(CC)C2)nc1CC. The molecule has 102 valence electrons. The first-order valence-corrected chi connectivity index (χ1v) is 8.04. The average Bonchev–Trinajstić information content (AvgIpc) is 3.02. The standard InChI is InChI=1S/C14H25N3S/c1-4-11-7-8-17(10-11)14-16-12(5-2)13(18-14)9-15-6-3/h11,15H,4-10H2,1-3H3. The van der Waals surface area contributed by atoms with Gasteiger partial charge in [-0.25, -0.2) is 4.98 Å². The van der Waals surface area contributed by atoms with E-state index >= 15 is 0 Å². The summed E-state index contributed by atoms with van der Waals surface area (Å²) in [5.41, 5.74) is 1.29. The zero-order valence-corrected chi connectivity index (χ0v) is 12.6. The molecule has 4 heteroatoms. The van der Waals surface area contributed by atoms with Gasteiger partial charge < -0.3 is 10.2 Å². The predicted octanol–water partition coefficient (Wildman–Crippen LogP) is 3.05. The highest BCUT2D eigenvalue weighted by Crippen LogP contribution is 2.31. The van der Waals surface area contributed by atoms with Crippen LogP contribution in [0.1, 0.15) is 44.2 Å². The Kier molecular flexibility index (Phi) is 5.01. The van der Waals surface area contributed by atoms with Crippen molar-refractivity contribution in [2.75, 3.05) is 24.5 Å². The van der Waals surface area contributed by atoms with Crippen LogP contribution in [0.4, 0.5) is 5.13 Å². The second-order valence-electron chi connectivity index (χ2n) is 5.01. The molecule has 1 saturated heterocycles. The Hall–Kier alpha value is -0.610. The molecular formula is C14H25N3S. The molecule has 0 saturated carbocycles. The fourth-order valence-electron chi connectivity index (χ4n) is 2.50. The van der Waals surface area contributed by atoms with Gasteiger partial charge in [0.15, 0.2) is 5.13 Å². The van der Waals surface area contributed by atoms with Crippen LogP contribution in [0.2, 0.25) is 0 Å². The maximum atomic E-state index is 4.84. The van der Waals surface area contributed by atoms with Crippen LogP contribution in [-0.4, -0.2) is 24.6 Å². The molecule has 18 heavy (non-hydrogen) atoms. The molecule has 2 heterocycles. The molecule has 1 fully saturated rings. The van der Waals surface area contributed by atoms with Gasteiger partial charge in [0.25, 0.3) is 0 Å². The second kappa shape index (κ2) is 6.53. The fourth-order valence-corrected chi connectivity index (χ4v) is 3.65. The van der Waals surface area contributed by atoms with Crippen LogP contribution < -0.4 is 10.2 Å². The van der Waals surface area contributed by atoms with Crippen molar-refractivity contribution >= 4 is 16.5 Å². The monoisotopic (exact) mass is 267 g/mol. The molecule has 0 radical (unpaired) electrons. The summed E-state index contributed by atoms with van der Waals surface area (Å²) in [6, 6.07) is 0. The van der Waals surface area contributed by atoms with Gasteiger partial charge in [0.1, 0.15) is 0 Å². The smallest absolute Gasteiger partial charge is 0.185 e. The molecule has 1 unspecified atom stereocenters. The van der Waals surface area contributed by atoms with Gasteiger partial charge in [-0.15, -0.1) is 11.3 Å². The summed E-state index contributed by atoms with van der Waals surface area (Å²) in [5.74, 6) is 0.871. The number of hydrogen-bond donors (Lipinski definition) is 1. The van der Waals surface area contributed by atoms with Crippen molar-refractivity contribution < 1.29 is 0 Å². The Morgan fingerprint density at radius 2 is 2.22 bits per heavy atom. The summed E-state index contributed by atoms with van der Waals surface area (Å²) in [7, 11) is 0. The normalized spacial score (nSPS) is 19.7. The molecule has 0 spiro atoms. The number of aromatic nitrogens is 1. The van der Waals surface area contributed by atoms with E-state index in [2.05, 4.69) is 31.0 Å². The molecule has 1 N–H and O–H groups in total. The molecule has 0 aromatic carbocycles. The molecular weight excluding hydrogens is 242 g/mol. The van der Waals surface area contributed by atoms with E-state index in [1.807, 2.05) is 11.3 Å². The molecule has 1 aliphatic heterocycles. The van der Waals surface area contributed by atoms with Crippen molar-refractivity contribution in [1.29, 1.82) is 0 Å². The summed E-state index contributed by atoms with van der Waals surface area (Å²) in [5, 5.41) is 4.66. The van der Waals surface area contributed by atoms with Gasteiger partial charge in [0, 0.05) is 24.5 Å². The van der Waals surface area contributed by atoms with Crippen molar-refractivity contribution in [1.82, 2.24) is 10.3 Å². The van der Waals surface area contributed by atoms with E-state index in [9.17, 15) is 0 Å². The molecule has 2 rings (SSSR count). The van der Waals surface area contributed by atoms with E-state index in [1.54, 1.807) is 0 Å². The van der Waals surface area contributed by atoms with Gasteiger partial charge in [0.05, 0.1) is 5.69 Å². The Morgan fingerprint density at radius 3 is 2.83 bits per heavy atom. The van der Waals surface area contributed by atoms with Crippen LogP contribution in [0.5, 0.6) is 0 Å². The number of nitrogens with zero attached hydrogens (tertiary/aromatic N) is 2. The quantitative estimate of drug-likeness (QED) is 0.858. The lowest BCUT2D eigenvalue weighted by Crippen LogP contribution is -2.19. The van der Waals surface area contributed by atoms with Gasteiger partial charge >= 0.3 is 0 Å². The third kappa shape index (κ3) is 3.04. The number of nitrogens with one attached hydrogen (secondary N) is 1. The number of thiazole rings is 1. The fraction of sp³-hybridized carbons (Fsp3) is 0.786. The van der Waals surface area contributed by atoms with E-state index < -0.39 is 0 Å². The third-order valence-electron chi connectivity index (χ3n) is 3.77. The second-order valence-corrected chi connectivity index (χ2v) is 6.07. The summed E-state index contributed by atoms with van der Waals surface area (Å²) < 4.78 is 0. The lowest BCUT2D eigenvalue weighted by Gasteiger charge is -2.14. The van der Waals surface area contributed by atoms with Crippen molar-refractivity contribution in [3.05, 3.63) is 10.6 Å². The van der Waals surface area contributed by atoms with Crippen LogP contribution in [0, 0.1) is 5.92 Å². The van der Waals surface area contributed by atoms with E-state index in [4.69, 9.17) is 4.98 Å².